The van der Waals surface area contributed by atoms with Gasteiger partial charge in [0.05, 0.1) is 27.9 Å². The summed E-state index contributed by atoms with van der Waals surface area (Å²) < 4.78 is 6.30. The maximum atomic E-state index is 13.2. The number of thiazole rings is 1. The van der Waals surface area contributed by atoms with Crippen molar-refractivity contribution in [3.05, 3.63) is 69.2 Å². The SMILES string of the molecule is O=C(/C=C/c1cccc([N+](=O)[O-])c1)N(CCN1CCOCC1)c1nc2c(Cl)cccc2s1. The predicted molar refractivity (Wildman–Crippen MR) is 126 cm³/mol. The average molecular weight is 473 g/mol. The monoisotopic (exact) mass is 472 g/mol. The lowest BCUT2D eigenvalue weighted by molar-refractivity contribution is -0.384. The van der Waals surface area contributed by atoms with E-state index >= 15 is 0 Å². The lowest BCUT2D eigenvalue weighted by Crippen LogP contribution is -2.42. The molecule has 1 fully saturated rings. The number of morpholine rings is 1. The van der Waals surface area contributed by atoms with Gasteiger partial charge in [0.1, 0.15) is 5.52 Å². The minimum absolute atomic E-state index is 0.0235. The number of nitro benzene ring substituents is 1. The van der Waals surface area contributed by atoms with Crippen LogP contribution in [0.2, 0.25) is 5.02 Å². The number of non-ortho nitro benzene ring substituents is 1. The highest BCUT2D eigenvalue weighted by Crippen LogP contribution is 2.33. The summed E-state index contributed by atoms with van der Waals surface area (Å²) >= 11 is 7.69. The smallest absolute Gasteiger partial charge is 0.270 e. The van der Waals surface area contributed by atoms with Crippen LogP contribution in [0.4, 0.5) is 10.8 Å². The van der Waals surface area contributed by atoms with E-state index in [0.717, 1.165) is 17.8 Å². The van der Waals surface area contributed by atoms with Gasteiger partial charge in [-0.05, 0) is 23.8 Å². The van der Waals surface area contributed by atoms with Gasteiger partial charge >= 0.3 is 0 Å². The highest BCUT2D eigenvalue weighted by Gasteiger charge is 2.21. The van der Waals surface area contributed by atoms with Crippen molar-refractivity contribution in [1.82, 2.24) is 9.88 Å². The van der Waals surface area contributed by atoms with E-state index in [-0.39, 0.29) is 11.6 Å². The van der Waals surface area contributed by atoms with Gasteiger partial charge in [-0.3, -0.25) is 24.7 Å². The Labute approximate surface area is 193 Å². The van der Waals surface area contributed by atoms with Crippen molar-refractivity contribution in [1.29, 1.82) is 0 Å². The minimum Gasteiger partial charge on any atom is -0.379 e. The molecule has 1 aromatic heterocycles. The molecule has 2 aromatic carbocycles. The van der Waals surface area contributed by atoms with Crippen molar-refractivity contribution in [2.75, 3.05) is 44.3 Å². The van der Waals surface area contributed by atoms with Crippen LogP contribution < -0.4 is 4.90 Å². The Kier molecular flexibility index (Phi) is 7.11. The number of nitro groups is 1. The molecule has 3 aromatic rings. The fourth-order valence-electron chi connectivity index (χ4n) is 3.38. The number of benzene rings is 2. The van der Waals surface area contributed by atoms with Crippen LogP contribution in [0.25, 0.3) is 16.3 Å². The third kappa shape index (κ3) is 5.31. The first-order valence-electron chi connectivity index (χ1n) is 10.1. The molecular weight excluding hydrogens is 452 g/mol. The van der Waals surface area contributed by atoms with Gasteiger partial charge in [-0.1, -0.05) is 41.1 Å². The molecule has 32 heavy (non-hydrogen) atoms. The molecule has 0 bridgehead atoms. The molecule has 0 atom stereocenters. The number of para-hydroxylation sites is 1. The Bertz CT molecular complexity index is 1160. The number of carbonyl (C=O) groups is 1. The molecule has 2 heterocycles. The number of amides is 1. The van der Waals surface area contributed by atoms with Crippen molar-refractivity contribution in [2.24, 2.45) is 0 Å². The highest BCUT2D eigenvalue weighted by atomic mass is 35.5. The fraction of sp³-hybridized carbons (Fsp3) is 0.273. The number of anilines is 1. The van der Waals surface area contributed by atoms with E-state index in [1.165, 1.54) is 29.5 Å². The Morgan fingerprint density at radius 2 is 2.06 bits per heavy atom. The maximum Gasteiger partial charge on any atom is 0.270 e. The number of nitrogens with zero attached hydrogens (tertiary/aromatic N) is 4. The Morgan fingerprint density at radius 1 is 1.28 bits per heavy atom. The summed E-state index contributed by atoms with van der Waals surface area (Å²) in [7, 11) is 0. The summed E-state index contributed by atoms with van der Waals surface area (Å²) in [5.74, 6) is -0.250. The van der Waals surface area contributed by atoms with Crippen LogP contribution in [-0.2, 0) is 9.53 Å². The first kappa shape index (κ1) is 22.3. The molecule has 10 heteroatoms. The predicted octanol–water partition coefficient (Wildman–Crippen LogP) is 4.24. The lowest BCUT2D eigenvalue weighted by Gasteiger charge is -2.28. The zero-order valence-corrected chi connectivity index (χ0v) is 18.7. The number of fused-ring (bicyclic) bond motifs is 1. The number of hydrogen-bond acceptors (Lipinski definition) is 7. The van der Waals surface area contributed by atoms with Crippen LogP contribution in [0.15, 0.2) is 48.5 Å². The number of halogens is 1. The van der Waals surface area contributed by atoms with Gasteiger partial charge in [-0.25, -0.2) is 4.98 Å². The standard InChI is InChI=1S/C22H21ClN4O4S/c23-18-5-2-6-19-21(18)24-22(32-19)26(10-9-25-11-13-31-14-12-25)20(28)8-7-16-3-1-4-17(15-16)27(29)30/h1-8,15H,9-14H2/b8-7+. The summed E-state index contributed by atoms with van der Waals surface area (Å²) in [6.45, 7) is 4.13. The van der Waals surface area contributed by atoms with E-state index in [1.54, 1.807) is 29.2 Å². The van der Waals surface area contributed by atoms with E-state index in [1.807, 2.05) is 12.1 Å². The van der Waals surface area contributed by atoms with Crippen LogP contribution in [0.1, 0.15) is 5.56 Å². The van der Waals surface area contributed by atoms with Crippen molar-refractivity contribution >= 4 is 56.0 Å². The Morgan fingerprint density at radius 3 is 2.81 bits per heavy atom. The zero-order chi connectivity index (χ0) is 22.5. The number of carbonyl (C=O) groups excluding carboxylic acids is 1. The minimum atomic E-state index is -0.460. The van der Waals surface area contributed by atoms with Crippen LogP contribution in [-0.4, -0.2) is 60.1 Å². The van der Waals surface area contributed by atoms with E-state index in [0.29, 0.717) is 47.5 Å². The third-order valence-corrected chi connectivity index (χ3v) is 6.45. The van der Waals surface area contributed by atoms with E-state index in [2.05, 4.69) is 9.88 Å². The van der Waals surface area contributed by atoms with E-state index in [9.17, 15) is 14.9 Å². The van der Waals surface area contributed by atoms with Gasteiger partial charge in [0.25, 0.3) is 11.6 Å². The van der Waals surface area contributed by atoms with Gasteiger partial charge in [0.2, 0.25) is 0 Å². The summed E-state index contributed by atoms with van der Waals surface area (Å²) in [6, 6.07) is 11.7. The molecule has 0 saturated carbocycles. The van der Waals surface area contributed by atoms with Crippen LogP contribution in [0, 0.1) is 10.1 Å². The van der Waals surface area contributed by atoms with Crippen molar-refractivity contribution in [2.45, 2.75) is 0 Å². The molecule has 4 rings (SSSR count). The topological polar surface area (TPSA) is 88.8 Å². The Hall–Kier alpha value is -2.85. The van der Waals surface area contributed by atoms with Crippen molar-refractivity contribution in [3.8, 4) is 0 Å². The number of ether oxygens (including phenoxy) is 1. The average Bonchev–Trinajstić information content (AvgIpc) is 3.24. The van der Waals surface area contributed by atoms with E-state index in [4.69, 9.17) is 16.3 Å². The van der Waals surface area contributed by atoms with Gasteiger partial charge in [0, 0.05) is 44.4 Å². The molecule has 8 nitrogen and oxygen atoms in total. The molecule has 1 aliphatic rings. The quantitative estimate of drug-likeness (QED) is 0.290. The van der Waals surface area contributed by atoms with Gasteiger partial charge in [-0.2, -0.15) is 0 Å². The largest absolute Gasteiger partial charge is 0.379 e. The summed E-state index contributed by atoms with van der Waals surface area (Å²) in [4.78, 5) is 32.2. The first-order chi connectivity index (χ1) is 15.5. The second-order valence-corrected chi connectivity index (χ2v) is 8.63. The maximum absolute atomic E-state index is 13.2. The molecular formula is C22H21ClN4O4S. The Balaban J connectivity index is 1.58. The van der Waals surface area contributed by atoms with Crippen molar-refractivity contribution < 1.29 is 14.5 Å². The number of rotatable bonds is 7. The molecule has 1 saturated heterocycles. The first-order valence-corrected chi connectivity index (χ1v) is 11.3. The van der Waals surface area contributed by atoms with Crippen LogP contribution >= 0.6 is 22.9 Å². The number of aromatic nitrogens is 1. The molecule has 166 valence electrons. The van der Waals surface area contributed by atoms with Crippen molar-refractivity contribution in [3.63, 3.8) is 0 Å². The third-order valence-electron chi connectivity index (χ3n) is 5.10. The fourth-order valence-corrected chi connectivity index (χ4v) is 4.68. The zero-order valence-electron chi connectivity index (χ0n) is 17.1. The normalized spacial score (nSPS) is 14.8. The molecule has 0 radical (unpaired) electrons. The second-order valence-electron chi connectivity index (χ2n) is 7.21. The number of hydrogen-bond donors (Lipinski definition) is 0. The summed E-state index contributed by atoms with van der Waals surface area (Å²) in [6.07, 6.45) is 3.00. The second kappa shape index (κ2) is 10.2. The summed E-state index contributed by atoms with van der Waals surface area (Å²) in [5.41, 5.74) is 1.22. The highest BCUT2D eigenvalue weighted by molar-refractivity contribution is 7.22. The molecule has 0 spiro atoms. The summed E-state index contributed by atoms with van der Waals surface area (Å²) in [5, 5.41) is 12.1. The van der Waals surface area contributed by atoms with E-state index < -0.39 is 4.92 Å². The molecule has 0 unspecified atom stereocenters. The van der Waals surface area contributed by atoms with Crippen LogP contribution in [0.3, 0.4) is 0 Å². The molecule has 1 amide bonds. The molecule has 1 aliphatic heterocycles. The van der Waals surface area contributed by atoms with Crippen LogP contribution in [0.5, 0.6) is 0 Å². The van der Waals surface area contributed by atoms with Gasteiger partial charge < -0.3 is 4.74 Å². The molecule has 0 aliphatic carbocycles. The lowest BCUT2D eigenvalue weighted by atomic mass is 10.2. The van der Waals surface area contributed by atoms with Gasteiger partial charge in [-0.15, -0.1) is 0 Å². The molecule has 0 N–H and O–H groups in total. The van der Waals surface area contributed by atoms with Gasteiger partial charge in [0.15, 0.2) is 5.13 Å².